The van der Waals surface area contributed by atoms with Gasteiger partial charge in [0.05, 0.1) is 13.2 Å². The highest BCUT2D eigenvalue weighted by Gasteiger charge is 2.62. The molecule has 2 fully saturated rings. The first-order valence-electron chi connectivity index (χ1n) is 6.27. The summed E-state index contributed by atoms with van der Waals surface area (Å²) in [7, 11) is 1.50. The first-order valence-corrected chi connectivity index (χ1v) is 6.27. The third kappa shape index (κ3) is 1.69. The standard InChI is InChI=1S/C12H16N2O6/c1-6-3-14(11(17)13-9(6)16)10-7-8(18-2)12(4-15,20-10)5-19-7/h3,7-8,10,15H,4-5H2,1-2H3,(H,13,16,17)/t7-,8?,10+,12-/m0/s1. The molecule has 2 N–H and O–H groups in total. The highest BCUT2D eigenvalue weighted by Crippen LogP contribution is 2.45. The molecule has 0 aliphatic carbocycles. The Labute approximate surface area is 113 Å². The first kappa shape index (κ1) is 13.5. The van der Waals surface area contributed by atoms with Crippen LogP contribution in [0.1, 0.15) is 11.8 Å². The maximum absolute atomic E-state index is 11.9. The number of methoxy groups -OCH3 is 1. The topological polar surface area (TPSA) is 103 Å². The molecule has 0 spiro atoms. The minimum Gasteiger partial charge on any atom is -0.393 e. The Morgan fingerprint density at radius 3 is 2.95 bits per heavy atom. The average Bonchev–Trinajstić information content (AvgIpc) is 2.95. The number of rotatable bonds is 3. The highest BCUT2D eigenvalue weighted by atomic mass is 16.7. The van der Waals surface area contributed by atoms with Crippen LogP contribution >= 0.6 is 0 Å². The number of aromatic nitrogens is 2. The molecule has 2 saturated heterocycles. The van der Waals surface area contributed by atoms with Crippen molar-refractivity contribution in [2.75, 3.05) is 20.3 Å². The zero-order chi connectivity index (χ0) is 14.5. The van der Waals surface area contributed by atoms with Crippen LogP contribution in [0.3, 0.4) is 0 Å². The lowest BCUT2D eigenvalue weighted by atomic mass is 10.0. The Morgan fingerprint density at radius 1 is 1.60 bits per heavy atom. The number of aryl methyl sites for hydroxylation is 1. The fourth-order valence-corrected chi connectivity index (χ4v) is 2.86. The number of hydrogen-bond donors (Lipinski definition) is 2. The molecule has 0 amide bonds. The van der Waals surface area contributed by atoms with E-state index in [1.807, 2.05) is 0 Å². The van der Waals surface area contributed by atoms with Gasteiger partial charge in [-0.25, -0.2) is 4.79 Å². The summed E-state index contributed by atoms with van der Waals surface area (Å²) in [6.07, 6.45) is -0.274. The van der Waals surface area contributed by atoms with Crippen LogP contribution in [0.4, 0.5) is 0 Å². The second-order valence-electron chi connectivity index (χ2n) is 5.14. The summed E-state index contributed by atoms with van der Waals surface area (Å²) in [6.45, 7) is 1.54. The second kappa shape index (κ2) is 4.52. The number of ether oxygens (including phenoxy) is 3. The molecule has 8 nitrogen and oxygen atoms in total. The van der Waals surface area contributed by atoms with Crippen molar-refractivity contribution in [1.29, 1.82) is 0 Å². The van der Waals surface area contributed by atoms with Gasteiger partial charge in [-0.05, 0) is 6.92 Å². The zero-order valence-electron chi connectivity index (χ0n) is 11.2. The summed E-state index contributed by atoms with van der Waals surface area (Å²) in [6, 6.07) is 0. The Bertz CT molecular complexity index is 638. The molecule has 2 aliphatic heterocycles. The predicted molar refractivity (Wildman–Crippen MR) is 66.5 cm³/mol. The molecule has 0 radical (unpaired) electrons. The quantitative estimate of drug-likeness (QED) is 0.701. The average molecular weight is 284 g/mol. The molecule has 3 rings (SSSR count). The third-order valence-electron chi connectivity index (χ3n) is 3.92. The molecule has 8 heteroatoms. The normalized spacial score (nSPS) is 35.6. The monoisotopic (exact) mass is 284 g/mol. The minimum atomic E-state index is -0.965. The Kier molecular flexibility index (Phi) is 3.05. The Morgan fingerprint density at radius 2 is 2.35 bits per heavy atom. The molecule has 3 heterocycles. The van der Waals surface area contributed by atoms with Crippen molar-refractivity contribution >= 4 is 0 Å². The van der Waals surface area contributed by atoms with E-state index < -0.39 is 35.3 Å². The smallest absolute Gasteiger partial charge is 0.330 e. The molecule has 2 aliphatic rings. The van der Waals surface area contributed by atoms with Crippen LogP contribution in [0.25, 0.3) is 0 Å². The van der Waals surface area contributed by atoms with Gasteiger partial charge < -0.3 is 19.3 Å². The van der Waals surface area contributed by atoms with Crippen molar-refractivity contribution in [3.8, 4) is 0 Å². The number of aliphatic hydroxyl groups is 1. The van der Waals surface area contributed by atoms with Gasteiger partial charge in [0.2, 0.25) is 0 Å². The fourth-order valence-electron chi connectivity index (χ4n) is 2.86. The van der Waals surface area contributed by atoms with E-state index in [0.717, 1.165) is 0 Å². The van der Waals surface area contributed by atoms with Gasteiger partial charge in [-0.3, -0.25) is 14.3 Å². The summed E-state index contributed by atoms with van der Waals surface area (Å²) in [5.41, 5.74) is -1.59. The van der Waals surface area contributed by atoms with Crippen LogP contribution < -0.4 is 11.2 Å². The summed E-state index contributed by atoms with van der Waals surface area (Å²) in [4.78, 5) is 25.5. The highest BCUT2D eigenvalue weighted by molar-refractivity contribution is 5.10. The number of H-pyrrole nitrogens is 1. The van der Waals surface area contributed by atoms with Crippen LogP contribution in [0.15, 0.2) is 15.8 Å². The van der Waals surface area contributed by atoms with Crippen molar-refractivity contribution in [1.82, 2.24) is 9.55 Å². The number of fused-ring (bicyclic) bond motifs is 2. The molecule has 2 bridgehead atoms. The van der Waals surface area contributed by atoms with Crippen molar-refractivity contribution in [3.05, 3.63) is 32.6 Å². The van der Waals surface area contributed by atoms with E-state index in [-0.39, 0.29) is 13.2 Å². The van der Waals surface area contributed by atoms with E-state index in [9.17, 15) is 14.7 Å². The maximum atomic E-state index is 11.9. The maximum Gasteiger partial charge on any atom is 0.330 e. The molecule has 1 aromatic rings. The lowest BCUT2D eigenvalue weighted by Gasteiger charge is -2.29. The van der Waals surface area contributed by atoms with E-state index >= 15 is 0 Å². The molecular formula is C12H16N2O6. The summed E-state index contributed by atoms with van der Waals surface area (Å²) >= 11 is 0. The molecular weight excluding hydrogens is 268 g/mol. The number of nitrogens with zero attached hydrogens (tertiary/aromatic N) is 1. The van der Waals surface area contributed by atoms with Crippen molar-refractivity contribution in [2.45, 2.75) is 31.0 Å². The molecule has 0 saturated carbocycles. The van der Waals surface area contributed by atoms with E-state index in [4.69, 9.17) is 14.2 Å². The number of nitrogens with one attached hydrogen (secondary N) is 1. The van der Waals surface area contributed by atoms with Gasteiger partial charge in [0.25, 0.3) is 5.56 Å². The molecule has 20 heavy (non-hydrogen) atoms. The van der Waals surface area contributed by atoms with Gasteiger partial charge >= 0.3 is 5.69 Å². The van der Waals surface area contributed by atoms with Gasteiger partial charge in [-0.1, -0.05) is 0 Å². The summed E-state index contributed by atoms with van der Waals surface area (Å²) in [5.74, 6) is 0. The van der Waals surface area contributed by atoms with Crippen LogP contribution in [0.2, 0.25) is 0 Å². The lowest BCUT2D eigenvalue weighted by Crippen LogP contribution is -2.45. The van der Waals surface area contributed by atoms with Crippen molar-refractivity contribution < 1.29 is 19.3 Å². The number of hydrogen-bond acceptors (Lipinski definition) is 6. The van der Waals surface area contributed by atoms with Crippen LogP contribution in [0, 0.1) is 6.92 Å². The van der Waals surface area contributed by atoms with Gasteiger partial charge in [-0.2, -0.15) is 0 Å². The van der Waals surface area contributed by atoms with Crippen LogP contribution in [0.5, 0.6) is 0 Å². The van der Waals surface area contributed by atoms with Gasteiger partial charge in [-0.15, -0.1) is 0 Å². The largest absolute Gasteiger partial charge is 0.393 e. The van der Waals surface area contributed by atoms with Gasteiger partial charge in [0.15, 0.2) is 6.23 Å². The number of aromatic amines is 1. The van der Waals surface area contributed by atoms with E-state index in [0.29, 0.717) is 5.56 Å². The van der Waals surface area contributed by atoms with E-state index in [1.54, 1.807) is 6.92 Å². The molecule has 0 aromatic carbocycles. The van der Waals surface area contributed by atoms with Crippen LogP contribution in [-0.4, -0.2) is 52.8 Å². The van der Waals surface area contributed by atoms with E-state index in [2.05, 4.69) is 4.98 Å². The van der Waals surface area contributed by atoms with Crippen molar-refractivity contribution in [2.24, 2.45) is 0 Å². The lowest BCUT2D eigenvalue weighted by molar-refractivity contribution is -0.188. The fraction of sp³-hybridized carbons (Fsp3) is 0.667. The van der Waals surface area contributed by atoms with Gasteiger partial charge in [0, 0.05) is 18.9 Å². The Balaban J connectivity index is 2.04. The molecule has 110 valence electrons. The summed E-state index contributed by atoms with van der Waals surface area (Å²) < 4.78 is 18.0. The van der Waals surface area contributed by atoms with Crippen molar-refractivity contribution in [3.63, 3.8) is 0 Å². The first-order chi connectivity index (χ1) is 9.52. The van der Waals surface area contributed by atoms with Gasteiger partial charge in [0.1, 0.15) is 17.8 Å². The van der Waals surface area contributed by atoms with Crippen LogP contribution in [-0.2, 0) is 14.2 Å². The van der Waals surface area contributed by atoms with E-state index in [1.165, 1.54) is 17.9 Å². The molecule has 1 unspecified atom stereocenters. The SMILES string of the molecule is COC1[C@@H]2OC[C@]1(CO)O[C@H]2n1cc(C)c(=O)[nH]c1=O. The summed E-state index contributed by atoms with van der Waals surface area (Å²) in [5, 5.41) is 9.55. The Hall–Kier alpha value is -1.48. The zero-order valence-corrected chi connectivity index (χ0v) is 11.2. The number of aliphatic hydroxyl groups excluding tert-OH is 1. The predicted octanol–water partition coefficient (Wildman–Crippen LogP) is -1.48. The second-order valence-corrected chi connectivity index (χ2v) is 5.14. The third-order valence-corrected chi connectivity index (χ3v) is 3.92. The molecule has 4 atom stereocenters. The minimum absolute atomic E-state index is 0.209. The molecule has 1 aromatic heterocycles.